The van der Waals surface area contributed by atoms with Crippen molar-refractivity contribution in [1.29, 1.82) is 0 Å². The smallest absolute Gasteiger partial charge is 0.264 e. The quantitative estimate of drug-likeness (QED) is 0.836. The Morgan fingerprint density at radius 3 is 2.64 bits per heavy atom. The number of hydrogen-bond acceptors (Lipinski definition) is 4. The Morgan fingerprint density at radius 1 is 1.32 bits per heavy atom. The number of fused-ring (bicyclic) bond motifs is 1. The first kappa shape index (κ1) is 17.7. The number of ether oxygens (including phenoxy) is 1. The van der Waals surface area contributed by atoms with Crippen LogP contribution in [0.1, 0.15) is 42.1 Å². The van der Waals surface area contributed by atoms with E-state index in [1.165, 1.54) is 0 Å². The summed E-state index contributed by atoms with van der Waals surface area (Å²) in [7, 11) is 0. The van der Waals surface area contributed by atoms with Gasteiger partial charge in [-0.2, -0.15) is 0 Å². The topological polar surface area (TPSA) is 55.3 Å². The molecule has 1 aliphatic rings. The zero-order valence-corrected chi connectivity index (χ0v) is 15.7. The Kier molecular flexibility index (Phi) is 4.95. The summed E-state index contributed by atoms with van der Waals surface area (Å²) in [6.07, 6.45) is 2.04. The molecule has 1 atom stereocenters. The van der Waals surface area contributed by atoms with Crippen molar-refractivity contribution in [3.63, 3.8) is 0 Å². The van der Waals surface area contributed by atoms with Gasteiger partial charge in [-0.25, -0.2) is 9.97 Å². The number of hydrogen-bond donors (Lipinski definition) is 0. The summed E-state index contributed by atoms with van der Waals surface area (Å²) in [4.78, 5) is 23.3. The second-order valence-corrected chi connectivity index (χ2v) is 6.82. The van der Waals surface area contributed by atoms with Crippen LogP contribution in [0.15, 0.2) is 18.3 Å². The Bertz CT molecular complexity index is 799. The minimum absolute atomic E-state index is 0.0543. The molecule has 0 saturated heterocycles. The molecule has 5 nitrogen and oxygen atoms in total. The van der Waals surface area contributed by atoms with Gasteiger partial charge in [0.1, 0.15) is 11.6 Å². The van der Waals surface area contributed by atoms with E-state index in [4.69, 9.17) is 16.3 Å². The van der Waals surface area contributed by atoms with Gasteiger partial charge in [-0.05, 0) is 44.0 Å². The SMILES string of the molecule is CCc1ncc2c(n1)CN(C(=O)[C@@H](C)Oc1cc(C)c(Cl)c(C)c1)C2. The second-order valence-electron chi connectivity index (χ2n) is 6.44. The molecule has 1 aliphatic heterocycles. The highest BCUT2D eigenvalue weighted by Gasteiger charge is 2.29. The van der Waals surface area contributed by atoms with Crippen LogP contribution in [-0.2, 0) is 24.3 Å². The maximum atomic E-state index is 12.7. The number of nitrogens with zero attached hydrogens (tertiary/aromatic N) is 3. The first-order chi connectivity index (χ1) is 11.9. The van der Waals surface area contributed by atoms with E-state index >= 15 is 0 Å². The van der Waals surface area contributed by atoms with Gasteiger partial charge in [-0.15, -0.1) is 0 Å². The molecule has 0 aliphatic carbocycles. The summed E-state index contributed by atoms with van der Waals surface area (Å²) >= 11 is 6.18. The van der Waals surface area contributed by atoms with Crippen LogP contribution in [0.5, 0.6) is 5.75 Å². The van der Waals surface area contributed by atoms with Gasteiger partial charge in [-0.1, -0.05) is 18.5 Å². The van der Waals surface area contributed by atoms with Crippen molar-refractivity contribution in [2.75, 3.05) is 0 Å². The van der Waals surface area contributed by atoms with E-state index in [9.17, 15) is 4.79 Å². The number of carbonyl (C=O) groups excluding carboxylic acids is 1. The predicted octanol–water partition coefficient (Wildman–Crippen LogP) is 3.62. The number of aryl methyl sites for hydroxylation is 3. The lowest BCUT2D eigenvalue weighted by atomic mass is 10.1. The van der Waals surface area contributed by atoms with E-state index in [0.29, 0.717) is 18.8 Å². The van der Waals surface area contributed by atoms with Crippen LogP contribution in [0.3, 0.4) is 0 Å². The molecule has 0 N–H and O–H groups in total. The second kappa shape index (κ2) is 7.00. The van der Waals surface area contributed by atoms with E-state index in [-0.39, 0.29) is 5.91 Å². The molecule has 0 radical (unpaired) electrons. The largest absolute Gasteiger partial charge is 0.481 e. The molecular formula is C19H22ClN3O2. The molecule has 25 heavy (non-hydrogen) atoms. The van der Waals surface area contributed by atoms with Crippen molar-refractivity contribution < 1.29 is 9.53 Å². The summed E-state index contributed by atoms with van der Waals surface area (Å²) in [5.74, 6) is 1.41. The number of carbonyl (C=O) groups is 1. The van der Waals surface area contributed by atoms with Gasteiger partial charge in [0.15, 0.2) is 6.10 Å². The maximum Gasteiger partial charge on any atom is 0.264 e. The molecule has 1 amide bonds. The van der Waals surface area contributed by atoms with Gasteiger partial charge in [0.25, 0.3) is 5.91 Å². The molecule has 0 bridgehead atoms. The van der Waals surface area contributed by atoms with Crippen LogP contribution in [0.2, 0.25) is 5.02 Å². The summed E-state index contributed by atoms with van der Waals surface area (Å²) in [6.45, 7) is 8.69. The molecule has 1 aromatic heterocycles. The van der Waals surface area contributed by atoms with Gasteiger partial charge in [0.05, 0.1) is 12.2 Å². The summed E-state index contributed by atoms with van der Waals surface area (Å²) in [5, 5.41) is 0.728. The van der Waals surface area contributed by atoms with E-state index in [2.05, 4.69) is 9.97 Å². The van der Waals surface area contributed by atoms with E-state index in [1.54, 1.807) is 11.8 Å². The zero-order chi connectivity index (χ0) is 18.1. The lowest BCUT2D eigenvalue weighted by molar-refractivity contribution is -0.138. The third-order valence-corrected chi connectivity index (χ3v) is 5.00. The number of halogens is 1. The number of amides is 1. The molecule has 0 spiro atoms. The monoisotopic (exact) mass is 359 g/mol. The Balaban J connectivity index is 1.69. The average molecular weight is 360 g/mol. The maximum absolute atomic E-state index is 12.7. The zero-order valence-electron chi connectivity index (χ0n) is 15.0. The van der Waals surface area contributed by atoms with Gasteiger partial charge < -0.3 is 9.64 Å². The number of aromatic nitrogens is 2. The molecule has 6 heteroatoms. The van der Waals surface area contributed by atoms with Gasteiger partial charge in [0.2, 0.25) is 0 Å². The van der Waals surface area contributed by atoms with E-state index in [1.807, 2.05) is 39.1 Å². The van der Waals surface area contributed by atoms with Crippen molar-refractivity contribution in [3.05, 3.63) is 51.6 Å². The fourth-order valence-electron chi connectivity index (χ4n) is 3.01. The van der Waals surface area contributed by atoms with Crippen molar-refractivity contribution in [2.24, 2.45) is 0 Å². The van der Waals surface area contributed by atoms with E-state index < -0.39 is 6.10 Å². The first-order valence-corrected chi connectivity index (χ1v) is 8.82. The average Bonchev–Trinajstić information content (AvgIpc) is 3.01. The fourth-order valence-corrected chi connectivity index (χ4v) is 3.12. The summed E-state index contributed by atoms with van der Waals surface area (Å²) < 4.78 is 5.86. The van der Waals surface area contributed by atoms with Gasteiger partial charge >= 0.3 is 0 Å². The van der Waals surface area contributed by atoms with Crippen molar-refractivity contribution in [1.82, 2.24) is 14.9 Å². The minimum atomic E-state index is -0.576. The summed E-state index contributed by atoms with van der Waals surface area (Å²) in [5.41, 5.74) is 3.82. The van der Waals surface area contributed by atoms with Crippen LogP contribution in [-0.4, -0.2) is 26.9 Å². The van der Waals surface area contributed by atoms with Crippen molar-refractivity contribution in [2.45, 2.75) is 53.3 Å². The lowest BCUT2D eigenvalue weighted by Gasteiger charge is -2.21. The van der Waals surface area contributed by atoms with Crippen LogP contribution >= 0.6 is 11.6 Å². The standard InChI is InChI=1S/C19H22ClN3O2/c1-5-17-21-8-14-9-23(10-16(14)22-17)19(24)13(4)25-15-6-11(2)18(20)12(3)7-15/h6-8,13H,5,9-10H2,1-4H3/t13-/m1/s1. The fraction of sp³-hybridized carbons (Fsp3) is 0.421. The van der Waals surface area contributed by atoms with Gasteiger partial charge in [-0.3, -0.25) is 4.79 Å². The first-order valence-electron chi connectivity index (χ1n) is 8.45. The molecule has 0 fully saturated rings. The Labute approximate surface area is 153 Å². The molecule has 1 aromatic carbocycles. The highest BCUT2D eigenvalue weighted by Crippen LogP contribution is 2.27. The molecule has 0 unspecified atom stereocenters. The molecular weight excluding hydrogens is 338 g/mol. The van der Waals surface area contributed by atoms with Crippen LogP contribution in [0, 0.1) is 13.8 Å². The van der Waals surface area contributed by atoms with Gasteiger partial charge in [0, 0.05) is 29.7 Å². The third kappa shape index (κ3) is 3.61. The van der Waals surface area contributed by atoms with Crippen LogP contribution in [0.25, 0.3) is 0 Å². The molecule has 132 valence electrons. The Hall–Kier alpha value is -2.14. The third-order valence-electron chi connectivity index (χ3n) is 4.40. The highest BCUT2D eigenvalue weighted by atomic mass is 35.5. The van der Waals surface area contributed by atoms with E-state index in [0.717, 1.165) is 39.7 Å². The predicted molar refractivity (Wildman–Crippen MR) is 96.7 cm³/mol. The number of benzene rings is 1. The molecule has 3 rings (SSSR count). The molecule has 0 saturated carbocycles. The van der Waals surface area contributed by atoms with Crippen LogP contribution < -0.4 is 4.74 Å². The Morgan fingerprint density at radius 2 is 2.00 bits per heavy atom. The molecule has 2 aromatic rings. The highest BCUT2D eigenvalue weighted by molar-refractivity contribution is 6.32. The lowest BCUT2D eigenvalue weighted by Crippen LogP contribution is -2.37. The number of rotatable bonds is 4. The van der Waals surface area contributed by atoms with Crippen molar-refractivity contribution >= 4 is 17.5 Å². The normalized spacial score (nSPS) is 14.4. The molecule has 2 heterocycles. The van der Waals surface area contributed by atoms with Crippen molar-refractivity contribution in [3.8, 4) is 5.75 Å². The van der Waals surface area contributed by atoms with Crippen LogP contribution in [0.4, 0.5) is 0 Å². The summed E-state index contributed by atoms with van der Waals surface area (Å²) in [6, 6.07) is 3.72. The minimum Gasteiger partial charge on any atom is -0.481 e.